The van der Waals surface area contributed by atoms with Crippen LogP contribution >= 0.6 is 0 Å². The van der Waals surface area contributed by atoms with E-state index in [0.29, 0.717) is 0 Å². The molecule has 0 spiro atoms. The van der Waals surface area contributed by atoms with Gasteiger partial charge in [-0.1, -0.05) is 13.8 Å². The summed E-state index contributed by atoms with van der Waals surface area (Å²) in [5.41, 5.74) is 0. The Morgan fingerprint density at radius 3 is 2.18 bits per heavy atom. The molecule has 0 aliphatic heterocycles. The van der Waals surface area contributed by atoms with Crippen LogP contribution in [0.15, 0.2) is 12.3 Å². The first-order chi connectivity index (χ1) is 5.16. The van der Waals surface area contributed by atoms with Crippen LogP contribution in [0.5, 0.6) is 0 Å². The predicted octanol–water partition coefficient (Wildman–Crippen LogP) is 2.07. The number of hydrogen-bond acceptors (Lipinski definition) is 2. The molecule has 0 rings (SSSR count). The van der Waals surface area contributed by atoms with Gasteiger partial charge >= 0.3 is 0 Å². The molecule has 0 atom stereocenters. The number of hydrogen-bond donors (Lipinski definition) is 0. The molecule has 0 aromatic heterocycles. The molecule has 0 fully saturated rings. The van der Waals surface area contributed by atoms with Crippen molar-refractivity contribution in [2.24, 2.45) is 0 Å². The van der Waals surface area contributed by atoms with Crippen LogP contribution in [0.1, 0.15) is 27.7 Å². The van der Waals surface area contributed by atoms with Crippen molar-refractivity contribution >= 4 is 5.78 Å². The molecular formula is C9H19NO. The normalized spacial score (nSPS) is 8.82. The van der Waals surface area contributed by atoms with Gasteiger partial charge in [0, 0.05) is 19.8 Å². The van der Waals surface area contributed by atoms with E-state index < -0.39 is 0 Å². The van der Waals surface area contributed by atoms with Crippen LogP contribution in [-0.2, 0) is 4.79 Å². The summed E-state index contributed by atoms with van der Waals surface area (Å²) in [6.45, 7) is 8.51. The fourth-order valence-corrected chi connectivity index (χ4v) is 0.338. The SMILES string of the molecule is CC.CCN(C)/C=C\C(C)=O. The standard InChI is InChI=1S/C7H13NO.C2H6/c1-4-8(3)6-5-7(2)9;1-2/h5-6H,4H2,1-3H3;1-2H3/b6-5-;. The fraction of sp³-hybridized carbons (Fsp3) is 0.667. The van der Waals surface area contributed by atoms with E-state index in [2.05, 4.69) is 0 Å². The van der Waals surface area contributed by atoms with Crippen LogP contribution in [0.25, 0.3) is 0 Å². The highest BCUT2D eigenvalue weighted by Crippen LogP contribution is 1.82. The molecule has 0 bridgehead atoms. The Hall–Kier alpha value is -0.790. The minimum absolute atomic E-state index is 0.0929. The monoisotopic (exact) mass is 157 g/mol. The Kier molecular flexibility index (Phi) is 10.8. The topological polar surface area (TPSA) is 20.3 Å². The van der Waals surface area contributed by atoms with E-state index >= 15 is 0 Å². The van der Waals surface area contributed by atoms with Crippen LogP contribution < -0.4 is 0 Å². The maximum atomic E-state index is 10.4. The molecule has 66 valence electrons. The Balaban J connectivity index is 0. The molecule has 0 heterocycles. The lowest BCUT2D eigenvalue weighted by atomic mass is 10.4. The number of allylic oxidation sites excluding steroid dienone is 1. The first-order valence-corrected chi connectivity index (χ1v) is 4.05. The van der Waals surface area contributed by atoms with Gasteiger partial charge in [-0.3, -0.25) is 4.79 Å². The molecule has 0 aliphatic rings. The van der Waals surface area contributed by atoms with Gasteiger partial charge in [0.25, 0.3) is 0 Å². The number of carbonyl (C=O) groups excluding carboxylic acids is 1. The highest BCUT2D eigenvalue weighted by atomic mass is 16.1. The molecule has 0 saturated heterocycles. The summed E-state index contributed by atoms with van der Waals surface area (Å²) >= 11 is 0. The molecule has 11 heavy (non-hydrogen) atoms. The third kappa shape index (κ3) is 12.4. The third-order valence-electron chi connectivity index (χ3n) is 1.06. The van der Waals surface area contributed by atoms with Crippen LogP contribution in [0, 0.1) is 0 Å². The zero-order valence-corrected chi connectivity index (χ0v) is 8.22. The van der Waals surface area contributed by atoms with Gasteiger partial charge in [0.05, 0.1) is 0 Å². The van der Waals surface area contributed by atoms with E-state index in [1.165, 1.54) is 0 Å². The molecule has 2 nitrogen and oxygen atoms in total. The number of carbonyl (C=O) groups is 1. The predicted molar refractivity (Wildman–Crippen MR) is 49.5 cm³/mol. The summed E-state index contributed by atoms with van der Waals surface area (Å²) < 4.78 is 0. The molecular weight excluding hydrogens is 138 g/mol. The van der Waals surface area contributed by atoms with Gasteiger partial charge in [0.2, 0.25) is 0 Å². The lowest BCUT2D eigenvalue weighted by Crippen LogP contribution is -2.08. The van der Waals surface area contributed by atoms with Crippen molar-refractivity contribution < 1.29 is 4.79 Å². The van der Waals surface area contributed by atoms with Crippen molar-refractivity contribution in [2.75, 3.05) is 13.6 Å². The number of nitrogens with zero attached hydrogens (tertiary/aromatic N) is 1. The van der Waals surface area contributed by atoms with E-state index in [9.17, 15) is 4.79 Å². The van der Waals surface area contributed by atoms with Crippen LogP contribution in [0.3, 0.4) is 0 Å². The average Bonchev–Trinajstić information content (AvgIpc) is 2.04. The van der Waals surface area contributed by atoms with Crippen molar-refractivity contribution in [3.63, 3.8) is 0 Å². The highest BCUT2D eigenvalue weighted by molar-refractivity contribution is 5.87. The van der Waals surface area contributed by atoms with E-state index in [-0.39, 0.29) is 5.78 Å². The summed E-state index contributed by atoms with van der Waals surface area (Å²) in [7, 11) is 1.93. The van der Waals surface area contributed by atoms with Crippen molar-refractivity contribution in [1.29, 1.82) is 0 Å². The maximum absolute atomic E-state index is 10.4. The van der Waals surface area contributed by atoms with Gasteiger partial charge < -0.3 is 4.90 Å². The van der Waals surface area contributed by atoms with Gasteiger partial charge in [-0.05, 0) is 19.9 Å². The molecule has 0 unspecified atom stereocenters. The summed E-state index contributed by atoms with van der Waals surface area (Å²) in [5, 5.41) is 0. The molecule has 0 amide bonds. The second-order valence-corrected chi connectivity index (χ2v) is 2.00. The lowest BCUT2D eigenvalue weighted by molar-refractivity contribution is -0.112. The summed E-state index contributed by atoms with van der Waals surface area (Å²) in [5.74, 6) is 0.0929. The number of rotatable bonds is 3. The minimum atomic E-state index is 0.0929. The second-order valence-electron chi connectivity index (χ2n) is 2.00. The Morgan fingerprint density at radius 2 is 1.91 bits per heavy atom. The zero-order chi connectivity index (χ0) is 9.28. The van der Waals surface area contributed by atoms with Crippen molar-refractivity contribution in [1.82, 2.24) is 4.90 Å². The average molecular weight is 157 g/mol. The third-order valence-corrected chi connectivity index (χ3v) is 1.06. The first-order valence-electron chi connectivity index (χ1n) is 4.05. The van der Waals surface area contributed by atoms with Gasteiger partial charge in [0.15, 0.2) is 5.78 Å². The van der Waals surface area contributed by atoms with Gasteiger partial charge in [-0.15, -0.1) is 0 Å². The second kappa shape index (κ2) is 9.21. The Labute approximate surface area is 69.9 Å². The van der Waals surface area contributed by atoms with Crippen molar-refractivity contribution in [3.05, 3.63) is 12.3 Å². The first kappa shape index (κ1) is 12.8. The molecule has 0 saturated carbocycles. The van der Waals surface area contributed by atoms with E-state index in [1.54, 1.807) is 19.2 Å². The van der Waals surface area contributed by atoms with Crippen LogP contribution in [0.4, 0.5) is 0 Å². The maximum Gasteiger partial charge on any atom is 0.154 e. The largest absolute Gasteiger partial charge is 0.381 e. The van der Waals surface area contributed by atoms with Gasteiger partial charge in [-0.25, -0.2) is 0 Å². The molecule has 0 N–H and O–H groups in total. The smallest absolute Gasteiger partial charge is 0.154 e. The Bertz CT molecular complexity index is 119. The molecule has 0 aromatic rings. The molecule has 2 heteroatoms. The number of ketones is 1. The van der Waals surface area contributed by atoms with Crippen LogP contribution in [0.2, 0.25) is 0 Å². The molecule has 0 aliphatic carbocycles. The van der Waals surface area contributed by atoms with E-state index in [4.69, 9.17) is 0 Å². The highest BCUT2D eigenvalue weighted by Gasteiger charge is 1.84. The summed E-state index contributed by atoms with van der Waals surface area (Å²) in [6.07, 6.45) is 3.34. The molecule has 0 aromatic carbocycles. The van der Waals surface area contributed by atoms with E-state index in [0.717, 1.165) is 6.54 Å². The summed E-state index contributed by atoms with van der Waals surface area (Å²) in [4.78, 5) is 12.3. The summed E-state index contributed by atoms with van der Waals surface area (Å²) in [6, 6.07) is 0. The zero-order valence-electron chi connectivity index (χ0n) is 8.22. The van der Waals surface area contributed by atoms with Crippen molar-refractivity contribution in [2.45, 2.75) is 27.7 Å². The van der Waals surface area contributed by atoms with Crippen LogP contribution in [-0.4, -0.2) is 24.3 Å². The Morgan fingerprint density at radius 1 is 1.45 bits per heavy atom. The van der Waals surface area contributed by atoms with Gasteiger partial charge in [0.1, 0.15) is 0 Å². The van der Waals surface area contributed by atoms with Crippen molar-refractivity contribution in [3.8, 4) is 0 Å². The van der Waals surface area contributed by atoms with E-state index in [1.807, 2.05) is 32.7 Å². The van der Waals surface area contributed by atoms with Gasteiger partial charge in [-0.2, -0.15) is 0 Å². The lowest BCUT2D eigenvalue weighted by Gasteiger charge is -2.07. The quantitative estimate of drug-likeness (QED) is 0.584. The molecule has 0 radical (unpaired) electrons. The fourth-order valence-electron chi connectivity index (χ4n) is 0.338. The minimum Gasteiger partial charge on any atom is -0.381 e.